The highest BCUT2D eigenvalue weighted by Gasteiger charge is 2.47. The SMILES string of the molecule is CCN(C(=O)c1cc(F)ccc1Oc1nnc(NC)nc1N1CC2(CCN(C(=O)OC(C)(C)C)CC2)C1)C(C)C. The minimum absolute atomic E-state index is 0.0381. The largest absolute Gasteiger partial charge is 0.444 e. The van der Waals surface area contributed by atoms with Crippen LogP contribution in [-0.2, 0) is 4.74 Å². The van der Waals surface area contributed by atoms with Crippen molar-refractivity contribution in [2.45, 2.75) is 66.0 Å². The molecule has 4 rings (SSSR count). The van der Waals surface area contributed by atoms with Crippen LogP contribution in [0.25, 0.3) is 0 Å². The molecule has 40 heavy (non-hydrogen) atoms. The number of nitrogens with zero attached hydrogens (tertiary/aromatic N) is 6. The first-order valence-electron chi connectivity index (χ1n) is 13.8. The summed E-state index contributed by atoms with van der Waals surface area (Å²) in [5.41, 5.74) is -0.383. The Balaban J connectivity index is 1.52. The van der Waals surface area contributed by atoms with E-state index in [0.29, 0.717) is 44.5 Å². The Bertz CT molecular complexity index is 1230. The van der Waals surface area contributed by atoms with Gasteiger partial charge in [0.05, 0.1) is 5.56 Å². The van der Waals surface area contributed by atoms with E-state index in [1.54, 1.807) is 16.8 Å². The highest BCUT2D eigenvalue weighted by molar-refractivity contribution is 5.97. The lowest BCUT2D eigenvalue weighted by Gasteiger charge is -2.54. The Morgan fingerprint density at radius 1 is 1.18 bits per heavy atom. The zero-order chi connectivity index (χ0) is 29.2. The number of anilines is 2. The topological polar surface area (TPSA) is 113 Å². The van der Waals surface area contributed by atoms with Gasteiger partial charge in [0.25, 0.3) is 11.8 Å². The fraction of sp³-hybridized carbons (Fsp3) is 0.607. The maximum atomic E-state index is 14.2. The van der Waals surface area contributed by atoms with Crippen LogP contribution >= 0.6 is 0 Å². The average molecular weight is 558 g/mol. The van der Waals surface area contributed by atoms with Gasteiger partial charge in [-0.25, -0.2) is 9.18 Å². The van der Waals surface area contributed by atoms with Crippen LogP contribution in [0.5, 0.6) is 11.6 Å². The van der Waals surface area contributed by atoms with Crippen molar-refractivity contribution in [3.05, 3.63) is 29.6 Å². The molecule has 0 unspecified atom stereocenters. The Morgan fingerprint density at radius 3 is 2.42 bits per heavy atom. The second-order valence-electron chi connectivity index (χ2n) is 11.8. The lowest BCUT2D eigenvalue weighted by Crippen LogP contribution is -2.61. The molecular weight excluding hydrogens is 517 g/mol. The number of aromatic nitrogens is 3. The molecule has 1 aromatic heterocycles. The zero-order valence-electron chi connectivity index (χ0n) is 24.5. The molecule has 11 nitrogen and oxygen atoms in total. The van der Waals surface area contributed by atoms with Gasteiger partial charge in [-0.1, -0.05) is 0 Å². The molecule has 0 saturated carbocycles. The summed E-state index contributed by atoms with van der Waals surface area (Å²) in [6.45, 7) is 14.4. The maximum absolute atomic E-state index is 14.2. The van der Waals surface area contributed by atoms with Gasteiger partial charge < -0.3 is 29.5 Å². The van der Waals surface area contributed by atoms with Crippen LogP contribution in [0, 0.1) is 11.2 Å². The number of piperidine rings is 1. The fourth-order valence-corrected chi connectivity index (χ4v) is 5.17. The zero-order valence-corrected chi connectivity index (χ0v) is 24.5. The van der Waals surface area contributed by atoms with Crippen molar-refractivity contribution in [1.82, 2.24) is 25.0 Å². The maximum Gasteiger partial charge on any atom is 0.410 e. The minimum atomic E-state index is -0.534. The third-order valence-electron chi connectivity index (χ3n) is 7.29. The predicted molar refractivity (Wildman–Crippen MR) is 149 cm³/mol. The number of ether oxygens (including phenoxy) is 2. The summed E-state index contributed by atoms with van der Waals surface area (Å²) >= 11 is 0. The summed E-state index contributed by atoms with van der Waals surface area (Å²) in [4.78, 5) is 35.9. The van der Waals surface area contributed by atoms with Crippen molar-refractivity contribution in [3.63, 3.8) is 0 Å². The smallest absolute Gasteiger partial charge is 0.410 e. The lowest BCUT2D eigenvalue weighted by atomic mass is 9.72. The quantitative estimate of drug-likeness (QED) is 0.524. The van der Waals surface area contributed by atoms with Gasteiger partial charge in [-0.3, -0.25) is 4.79 Å². The standard InChI is InChI=1S/C28H40FN7O4/c1-8-36(18(2)3)24(37)20-15-19(29)9-10-21(20)39-23-22(31-25(30-7)33-32-23)35-16-28(17-35)11-13-34(14-12-28)26(38)40-27(4,5)6/h9-10,15,18H,8,11-14,16-17H2,1-7H3,(H,30,31,33). The number of hydrogen-bond acceptors (Lipinski definition) is 9. The van der Waals surface area contributed by atoms with Gasteiger partial charge in [0.15, 0.2) is 5.82 Å². The van der Waals surface area contributed by atoms with E-state index in [1.165, 1.54) is 18.2 Å². The normalized spacial score (nSPS) is 16.5. The van der Waals surface area contributed by atoms with Crippen LogP contribution in [-0.4, -0.2) is 88.4 Å². The van der Waals surface area contributed by atoms with Gasteiger partial charge >= 0.3 is 6.09 Å². The molecule has 2 fully saturated rings. The van der Waals surface area contributed by atoms with E-state index in [0.717, 1.165) is 12.8 Å². The fourth-order valence-electron chi connectivity index (χ4n) is 5.17. The van der Waals surface area contributed by atoms with E-state index in [9.17, 15) is 14.0 Å². The Labute approximate surface area is 235 Å². The molecule has 12 heteroatoms. The number of nitrogens with one attached hydrogen (secondary N) is 1. The Hall–Kier alpha value is -3.70. The van der Waals surface area contributed by atoms with Crippen LogP contribution < -0.4 is 15.0 Å². The molecule has 3 heterocycles. The van der Waals surface area contributed by atoms with Crippen LogP contribution in [0.15, 0.2) is 18.2 Å². The second kappa shape index (κ2) is 11.4. The molecule has 2 amide bonds. The monoisotopic (exact) mass is 557 g/mol. The van der Waals surface area contributed by atoms with Gasteiger partial charge in [0, 0.05) is 51.2 Å². The lowest BCUT2D eigenvalue weighted by molar-refractivity contribution is 0.00585. The first-order chi connectivity index (χ1) is 18.8. The molecule has 1 spiro atoms. The van der Waals surface area contributed by atoms with Gasteiger partial charge in [-0.05, 0) is 72.6 Å². The van der Waals surface area contributed by atoms with E-state index in [2.05, 4.69) is 25.4 Å². The number of likely N-dealkylation sites (tertiary alicyclic amines) is 1. The number of carbonyl (C=O) groups is 2. The van der Waals surface area contributed by atoms with Gasteiger partial charge in [-0.15, -0.1) is 10.2 Å². The van der Waals surface area contributed by atoms with Crippen molar-refractivity contribution in [2.75, 3.05) is 50.0 Å². The molecule has 2 aromatic rings. The van der Waals surface area contributed by atoms with E-state index in [1.807, 2.05) is 41.5 Å². The third-order valence-corrected chi connectivity index (χ3v) is 7.29. The molecule has 0 bridgehead atoms. The van der Waals surface area contributed by atoms with Crippen molar-refractivity contribution >= 4 is 23.8 Å². The first-order valence-corrected chi connectivity index (χ1v) is 13.8. The van der Waals surface area contributed by atoms with Crippen LogP contribution in [0.4, 0.5) is 21.0 Å². The minimum Gasteiger partial charge on any atom is -0.444 e. The average Bonchev–Trinajstić information content (AvgIpc) is 2.87. The van der Waals surface area contributed by atoms with Crippen molar-refractivity contribution in [1.29, 1.82) is 0 Å². The highest BCUT2D eigenvalue weighted by Crippen LogP contribution is 2.45. The summed E-state index contributed by atoms with van der Waals surface area (Å²) < 4.78 is 25.9. The first kappa shape index (κ1) is 29.3. The van der Waals surface area contributed by atoms with Crippen molar-refractivity contribution < 1.29 is 23.5 Å². The molecule has 218 valence electrons. The van der Waals surface area contributed by atoms with Crippen molar-refractivity contribution in [3.8, 4) is 11.6 Å². The number of rotatable bonds is 7. The number of halogens is 1. The predicted octanol–water partition coefficient (Wildman–Crippen LogP) is 4.55. The number of carbonyl (C=O) groups excluding carboxylic acids is 2. The molecule has 1 aromatic carbocycles. The van der Waals surface area contributed by atoms with E-state index < -0.39 is 11.4 Å². The van der Waals surface area contributed by atoms with E-state index in [4.69, 9.17) is 9.47 Å². The van der Waals surface area contributed by atoms with Crippen LogP contribution in [0.3, 0.4) is 0 Å². The molecular formula is C28H40FN7O4. The summed E-state index contributed by atoms with van der Waals surface area (Å²) in [5, 5.41) is 11.2. The Kier molecular flexibility index (Phi) is 8.36. The molecule has 2 saturated heterocycles. The van der Waals surface area contributed by atoms with Gasteiger partial charge in [-0.2, -0.15) is 4.98 Å². The van der Waals surface area contributed by atoms with Crippen LogP contribution in [0.2, 0.25) is 0 Å². The van der Waals surface area contributed by atoms with Gasteiger partial charge in [0.2, 0.25) is 5.95 Å². The number of hydrogen-bond donors (Lipinski definition) is 1. The third kappa shape index (κ3) is 6.37. The van der Waals surface area contributed by atoms with E-state index in [-0.39, 0.29) is 40.7 Å². The molecule has 0 radical (unpaired) electrons. The van der Waals surface area contributed by atoms with Crippen LogP contribution in [0.1, 0.15) is 64.7 Å². The number of amides is 2. The summed E-state index contributed by atoms with van der Waals surface area (Å²) in [6, 6.07) is 3.79. The molecule has 2 aliphatic rings. The molecule has 0 atom stereocenters. The van der Waals surface area contributed by atoms with E-state index >= 15 is 0 Å². The second-order valence-corrected chi connectivity index (χ2v) is 11.8. The summed E-state index contributed by atoms with van der Waals surface area (Å²) in [7, 11) is 1.70. The summed E-state index contributed by atoms with van der Waals surface area (Å²) in [6.07, 6.45) is 1.40. The highest BCUT2D eigenvalue weighted by atomic mass is 19.1. The molecule has 1 N–H and O–H groups in total. The molecule has 0 aliphatic carbocycles. The Morgan fingerprint density at radius 2 is 1.85 bits per heavy atom. The molecule has 2 aliphatic heterocycles. The number of benzene rings is 1. The van der Waals surface area contributed by atoms with Gasteiger partial charge in [0.1, 0.15) is 17.2 Å². The van der Waals surface area contributed by atoms with Crippen molar-refractivity contribution in [2.24, 2.45) is 5.41 Å². The summed E-state index contributed by atoms with van der Waals surface area (Å²) in [5.74, 6) is 0.261.